The van der Waals surface area contributed by atoms with Gasteiger partial charge in [-0.25, -0.2) is 4.98 Å². The van der Waals surface area contributed by atoms with Crippen molar-refractivity contribution in [2.75, 3.05) is 6.61 Å². The van der Waals surface area contributed by atoms with Gasteiger partial charge < -0.3 is 13.6 Å². The Kier molecular flexibility index (Phi) is 3.66. The van der Waals surface area contributed by atoms with E-state index in [1.807, 2.05) is 24.7 Å². The van der Waals surface area contributed by atoms with Crippen LogP contribution in [0.1, 0.15) is 66.8 Å². The largest absolute Gasteiger partial charge is 0.435 e. The van der Waals surface area contributed by atoms with E-state index in [0.29, 0.717) is 23.5 Å². The van der Waals surface area contributed by atoms with Gasteiger partial charge in [0.05, 0.1) is 17.3 Å². The van der Waals surface area contributed by atoms with Crippen LogP contribution in [0, 0.1) is 6.92 Å². The summed E-state index contributed by atoms with van der Waals surface area (Å²) in [4.78, 5) is 4.51. The predicted octanol–water partition coefficient (Wildman–Crippen LogP) is 3.28. The molecule has 8 heteroatoms. The van der Waals surface area contributed by atoms with E-state index in [0.717, 1.165) is 49.6 Å². The first-order valence-electron chi connectivity index (χ1n) is 9.11. The molecule has 2 atom stereocenters. The second-order valence-electron chi connectivity index (χ2n) is 7.11. The van der Waals surface area contributed by atoms with E-state index in [9.17, 15) is 0 Å². The van der Waals surface area contributed by atoms with E-state index in [1.165, 1.54) is 0 Å². The summed E-state index contributed by atoms with van der Waals surface area (Å²) in [6, 6.07) is 1.97. The van der Waals surface area contributed by atoms with Crippen LogP contribution in [0.25, 0.3) is 11.7 Å². The number of aromatic nitrogens is 5. The van der Waals surface area contributed by atoms with Crippen LogP contribution < -0.4 is 0 Å². The summed E-state index contributed by atoms with van der Waals surface area (Å²) in [5.74, 6) is 2.80. The molecular weight excluding hydrogens is 334 g/mol. The molecule has 2 fully saturated rings. The molecule has 0 amide bonds. The van der Waals surface area contributed by atoms with E-state index in [2.05, 4.69) is 20.3 Å². The lowest BCUT2D eigenvalue weighted by molar-refractivity contribution is -0.0135. The lowest BCUT2D eigenvalue weighted by Gasteiger charge is -2.29. The highest BCUT2D eigenvalue weighted by molar-refractivity contribution is 5.47. The minimum atomic E-state index is -0.137. The summed E-state index contributed by atoms with van der Waals surface area (Å²) in [6.45, 7) is 2.63. The molecule has 0 aromatic carbocycles. The average Bonchev–Trinajstić information content (AvgIpc) is 3.04. The van der Waals surface area contributed by atoms with Crippen molar-refractivity contribution in [2.24, 2.45) is 7.05 Å². The van der Waals surface area contributed by atoms with Gasteiger partial charge in [0.15, 0.2) is 5.89 Å². The van der Waals surface area contributed by atoms with Crippen molar-refractivity contribution in [2.45, 2.75) is 50.5 Å². The quantitative estimate of drug-likeness (QED) is 0.709. The second kappa shape index (κ2) is 6.05. The third kappa shape index (κ3) is 2.65. The molecule has 0 N–H and O–H groups in total. The zero-order valence-electron chi connectivity index (χ0n) is 14.9. The van der Waals surface area contributed by atoms with Crippen molar-refractivity contribution in [3.8, 4) is 11.7 Å². The van der Waals surface area contributed by atoms with Crippen LogP contribution in [0.2, 0.25) is 0 Å². The first-order chi connectivity index (χ1) is 12.7. The molecule has 1 saturated heterocycles. The summed E-state index contributed by atoms with van der Waals surface area (Å²) in [5, 5.41) is 12.8. The standard InChI is InChI=1S/C18H21N5O3/c1-10-14(25-16(20-10)11-5-6-11)18-22-21-17(26-18)12-4-3-9-24-15(12)13-7-8-19-23(13)2/h7-8,11-12,15H,3-6,9H2,1-2H3/t12-,15-/m1/s1. The van der Waals surface area contributed by atoms with Crippen LogP contribution in [0.15, 0.2) is 21.1 Å². The van der Waals surface area contributed by atoms with E-state index in [-0.39, 0.29) is 12.0 Å². The van der Waals surface area contributed by atoms with Gasteiger partial charge in [0.2, 0.25) is 11.7 Å². The maximum Gasteiger partial charge on any atom is 0.285 e. The molecule has 0 radical (unpaired) electrons. The summed E-state index contributed by atoms with van der Waals surface area (Å²) in [6.07, 6.45) is 5.81. The van der Waals surface area contributed by atoms with E-state index in [4.69, 9.17) is 13.6 Å². The Bertz CT molecular complexity index is 923. The number of rotatable bonds is 4. The highest BCUT2D eigenvalue weighted by Gasteiger charge is 2.36. The van der Waals surface area contributed by atoms with Crippen molar-refractivity contribution in [3.63, 3.8) is 0 Å². The zero-order valence-corrected chi connectivity index (χ0v) is 14.9. The van der Waals surface area contributed by atoms with Crippen molar-refractivity contribution in [3.05, 3.63) is 35.4 Å². The summed E-state index contributed by atoms with van der Waals surface area (Å²) >= 11 is 0. The minimum absolute atomic E-state index is 0.00605. The number of ether oxygens (including phenoxy) is 1. The molecule has 2 aliphatic rings. The smallest absolute Gasteiger partial charge is 0.285 e. The number of oxazole rings is 1. The van der Waals surface area contributed by atoms with Gasteiger partial charge in [-0.2, -0.15) is 5.10 Å². The summed E-state index contributed by atoms with van der Waals surface area (Å²) < 4.78 is 19.8. The molecule has 4 heterocycles. The maximum atomic E-state index is 6.03. The number of nitrogens with zero attached hydrogens (tertiary/aromatic N) is 5. The Morgan fingerprint density at radius 1 is 1.12 bits per heavy atom. The van der Waals surface area contributed by atoms with E-state index in [1.54, 1.807) is 6.20 Å². The van der Waals surface area contributed by atoms with Crippen LogP contribution in [0.4, 0.5) is 0 Å². The third-order valence-electron chi connectivity index (χ3n) is 5.16. The normalized spacial score (nSPS) is 23.5. The molecule has 3 aromatic heterocycles. The topological polar surface area (TPSA) is 92.0 Å². The lowest BCUT2D eigenvalue weighted by atomic mass is 9.92. The second-order valence-corrected chi connectivity index (χ2v) is 7.11. The van der Waals surface area contributed by atoms with Crippen molar-refractivity contribution in [1.82, 2.24) is 25.0 Å². The maximum absolute atomic E-state index is 6.03. The van der Waals surface area contributed by atoms with Gasteiger partial charge in [-0.1, -0.05) is 0 Å². The Hall–Kier alpha value is -2.48. The summed E-state index contributed by atoms with van der Waals surface area (Å²) in [7, 11) is 1.92. The van der Waals surface area contributed by atoms with Gasteiger partial charge in [0.25, 0.3) is 5.89 Å². The van der Waals surface area contributed by atoms with Crippen LogP contribution in [0.5, 0.6) is 0 Å². The first-order valence-corrected chi connectivity index (χ1v) is 9.11. The summed E-state index contributed by atoms with van der Waals surface area (Å²) in [5.41, 5.74) is 1.81. The molecule has 0 spiro atoms. The highest BCUT2D eigenvalue weighted by atomic mass is 16.5. The van der Waals surface area contributed by atoms with Gasteiger partial charge in [-0.3, -0.25) is 4.68 Å². The van der Waals surface area contributed by atoms with Crippen LogP contribution >= 0.6 is 0 Å². The highest BCUT2D eigenvalue weighted by Crippen LogP contribution is 2.43. The monoisotopic (exact) mass is 355 g/mol. The van der Waals surface area contributed by atoms with Crippen LogP contribution in [-0.4, -0.2) is 31.6 Å². The minimum Gasteiger partial charge on any atom is -0.435 e. The molecule has 1 aliphatic carbocycles. The molecule has 136 valence electrons. The van der Waals surface area contributed by atoms with E-state index >= 15 is 0 Å². The number of aryl methyl sites for hydroxylation is 2. The zero-order chi connectivity index (χ0) is 17.7. The fraction of sp³-hybridized carbons (Fsp3) is 0.556. The van der Waals surface area contributed by atoms with Crippen LogP contribution in [0.3, 0.4) is 0 Å². The molecule has 8 nitrogen and oxygen atoms in total. The average molecular weight is 355 g/mol. The van der Waals surface area contributed by atoms with Gasteiger partial charge in [-0.15, -0.1) is 10.2 Å². The van der Waals surface area contributed by atoms with Crippen molar-refractivity contribution < 1.29 is 13.6 Å². The van der Waals surface area contributed by atoms with Gasteiger partial charge in [0, 0.05) is 25.8 Å². The van der Waals surface area contributed by atoms with Gasteiger partial charge in [-0.05, 0) is 38.7 Å². The fourth-order valence-corrected chi connectivity index (χ4v) is 3.59. The molecular formula is C18H21N5O3. The predicted molar refractivity (Wildman–Crippen MR) is 90.4 cm³/mol. The van der Waals surface area contributed by atoms with Crippen molar-refractivity contribution in [1.29, 1.82) is 0 Å². The fourth-order valence-electron chi connectivity index (χ4n) is 3.59. The Balaban J connectivity index is 1.46. The number of hydrogen-bond donors (Lipinski definition) is 0. The third-order valence-corrected chi connectivity index (χ3v) is 5.16. The molecule has 1 saturated carbocycles. The lowest BCUT2D eigenvalue weighted by Crippen LogP contribution is -2.23. The SMILES string of the molecule is Cc1nc(C2CC2)oc1-c1nnc([C@@H]2CCCO[C@H]2c2ccnn2C)o1. The van der Waals surface area contributed by atoms with E-state index < -0.39 is 0 Å². The van der Waals surface area contributed by atoms with Crippen molar-refractivity contribution >= 4 is 0 Å². The molecule has 26 heavy (non-hydrogen) atoms. The molecule has 0 bridgehead atoms. The molecule has 0 unspecified atom stereocenters. The molecule has 1 aliphatic heterocycles. The first kappa shape index (κ1) is 15.7. The molecule has 3 aromatic rings. The molecule has 5 rings (SSSR count). The van der Waals surface area contributed by atoms with Gasteiger partial charge in [0.1, 0.15) is 6.10 Å². The Morgan fingerprint density at radius 3 is 2.77 bits per heavy atom. The van der Waals surface area contributed by atoms with Crippen LogP contribution in [-0.2, 0) is 11.8 Å². The number of hydrogen-bond acceptors (Lipinski definition) is 7. The van der Waals surface area contributed by atoms with Gasteiger partial charge >= 0.3 is 0 Å². The Morgan fingerprint density at radius 2 is 2.00 bits per heavy atom. The Labute approximate surface area is 150 Å².